The fourth-order valence-corrected chi connectivity index (χ4v) is 0.303. The molecule has 0 saturated carbocycles. The van der Waals surface area contributed by atoms with Crippen molar-refractivity contribution >= 4 is 0 Å². The van der Waals surface area contributed by atoms with Gasteiger partial charge in [-0.25, -0.2) is 14.7 Å². The second-order valence-electron chi connectivity index (χ2n) is 4.98. The molecule has 0 spiro atoms. The van der Waals surface area contributed by atoms with E-state index in [-0.39, 0.29) is 17.8 Å². The Morgan fingerprint density at radius 2 is 1.33 bits per heavy atom. The third-order valence-electron chi connectivity index (χ3n) is 0.734. The van der Waals surface area contributed by atoms with Crippen molar-refractivity contribution in [2.75, 3.05) is 6.61 Å². The Bertz CT molecular complexity index is 139. The SMILES string of the molecule is C=CCOO.CC(C)(C)OOC(C)(C)C. The maximum Gasteiger partial charge on any atom is 0.0998 e. The van der Waals surface area contributed by atoms with Gasteiger partial charge in [0.25, 0.3) is 0 Å². The van der Waals surface area contributed by atoms with Crippen molar-refractivity contribution in [2.45, 2.75) is 52.7 Å². The van der Waals surface area contributed by atoms with Gasteiger partial charge in [-0.2, -0.15) is 0 Å². The molecule has 0 aromatic rings. The lowest BCUT2D eigenvalue weighted by Gasteiger charge is -2.24. The number of hydrogen-bond acceptors (Lipinski definition) is 4. The highest BCUT2D eigenvalue weighted by Crippen LogP contribution is 2.14. The molecule has 0 amide bonds. The molecule has 0 unspecified atom stereocenters. The van der Waals surface area contributed by atoms with Gasteiger partial charge in [-0.05, 0) is 41.5 Å². The van der Waals surface area contributed by atoms with Crippen LogP contribution in [0, 0.1) is 0 Å². The highest BCUT2D eigenvalue weighted by Gasteiger charge is 2.18. The Morgan fingerprint density at radius 1 is 1.00 bits per heavy atom. The summed E-state index contributed by atoms with van der Waals surface area (Å²) in [7, 11) is 0. The highest BCUT2D eigenvalue weighted by atomic mass is 17.2. The highest BCUT2D eigenvalue weighted by molar-refractivity contribution is 4.61. The first-order chi connectivity index (χ1) is 6.62. The van der Waals surface area contributed by atoms with Crippen molar-refractivity contribution in [3.63, 3.8) is 0 Å². The average molecular weight is 220 g/mol. The molecular weight excluding hydrogens is 196 g/mol. The zero-order valence-corrected chi connectivity index (χ0v) is 10.7. The summed E-state index contributed by atoms with van der Waals surface area (Å²) in [5.41, 5.74) is -0.430. The van der Waals surface area contributed by atoms with Crippen LogP contribution in [0.25, 0.3) is 0 Å². The maximum atomic E-state index is 7.50. The molecule has 0 aliphatic rings. The zero-order valence-electron chi connectivity index (χ0n) is 10.7. The Labute approximate surface area is 92.7 Å². The van der Waals surface area contributed by atoms with E-state index in [4.69, 9.17) is 15.0 Å². The van der Waals surface area contributed by atoms with Crippen LogP contribution in [0.1, 0.15) is 41.5 Å². The van der Waals surface area contributed by atoms with Crippen molar-refractivity contribution in [2.24, 2.45) is 0 Å². The minimum atomic E-state index is -0.215. The predicted octanol–water partition coefficient (Wildman–Crippen LogP) is 3.19. The Kier molecular flexibility index (Phi) is 8.86. The second kappa shape index (κ2) is 7.82. The average Bonchev–Trinajstić information content (AvgIpc) is 2.01. The van der Waals surface area contributed by atoms with Gasteiger partial charge >= 0.3 is 0 Å². The van der Waals surface area contributed by atoms with E-state index < -0.39 is 0 Å². The second-order valence-corrected chi connectivity index (χ2v) is 4.98. The molecule has 15 heavy (non-hydrogen) atoms. The van der Waals surface area contributed by atoms with Crippen molar-refractivity contribution < 1.29 is 19.9 Å². The van der Waals surface area contributed by atoms with Gasteiger partial charge in [0.2, 0.25) is 0 Å². The first kappa shape index (κ1) is 17.0. The van der Waals surface area contributed by atoms with Crippen LogP contribution in [0.2, 0.25) is 0 Å². The van der Waals surface area contributed by atoms with Crippen LogP contribution in [-0.2, 0) is 14.7 Å². The molecule has 0 saturated heterocycles. The third-order valence-corrected chi connectivity index (χ3v) is 0.734. The molecule has 0 aromatic carbocycles. The van der Waals surface area contributed by atoms with Gasteiger partial charge in [-0.3, -0.25) is 5.26 Å². The topological polar surface area (TPSA) is 47.9 Å². The summed E-state index contributed by atoms with van der Waals surface area (Å²) in [5.74, 6) is 0. The van der Waals surface area contributed by atoms with Gasteiger partial charge in [-0.1, -0.05) is 6.08 Å². The van der Waals surface area contributed by atoms with Gasteiger partial charge in [0.05, 0.1) is 17.8 Å². The van der Waals surface area contributed by atoms with E-state index in [9.17, 15) is 0 Å². The van der Waals surface area contributed by atoms with E-state index in [1.165, 1.54) is 6.08 Å². The van der Waals surface area contributed by atoms with Crippen LogP contribution in [0.3, 0.4) is 0 Å². The molecular formula is C11H24O4. The summed E-state index contributed by atoms with van der Waals surface area (Å²) in [4.78, 5) is 13.8. The predicted molar refractivity (Wildman–Crippen MR) is 60.5 cm³/mol. The summed E-state index contributed by atoms with van der Waals surface area (Å²) < 4.78 is 0. The monoisotopic (exact) mass is 220 g/mol. The van der Waals surface area contributed by atoms with E-state index in [1.807, 2.05) is 41.5 Å². The molecule has 0 fully saturated rings. The van der Waals surface area contributed by atoms with Crippen LogP contribution >= 0.6 is 0 Å². The Hall–Kier alpha value is -0.420. The lowest BCUT2D eigenvalue weighted by atomic mass is 10.2. The fraction of sp³-hybridized carbons (Fsp3) is 0.818. The molecule has 1 N–H and O–H groups in total. The van der Waals surface area contributed by atoms with Crippen molar-refractivity contribution in [3.05, 3.63) is 12.7 Å². The summed E-state index contributed by atoms with van der Waals surface area (Å²) in [6, 6.07) is 0. The van der Waals surface area contributed by atoms with Crippen molar-refractivity contribution in [1.82, 2.24) is 0 Å². The van der Waals surface area contributed by atoms with Crippen LogP contribution in [0.15, 0.2) is 12.7 Å². The molecule has 0 atom stereocenters. The number of hydrogen-bond donors (Lipinski definition) is 1. The first-order valence-electron chi connectivity index (χ1n) is 4.86. The first-order valence-corrected chi connectivity index (χ1v) is 4.86. The third kappa shape index (κ3) is 24.7. The Morgan fingerprint density at radius 3 is 1.40 bits per heavy atom. The van der Waals surface area contributed by atoms with Gasteiger partial charge in [0.15, 0.2) is 0 Å². The maximum absolute atomic E-state index is 7.50. The van der Waals surface area contributed by atoms with Crippen LogP contribution in [0.5, 0.6) is 0 Å². The molecule has 0 aromatic heterocycles. The zero-order chi connectivity index (χ0) is 12.5. The minimum absolute atomic E-state index is 0.208. The summed E-state index contributed by atoms with van der Waals surface area (Å²) in [6.45, 7) is 15.2. The smallest absolute Gasteiger partial charge is 0.0998 e. The summed E-state index contributed by atoms with van der Waals surface area (Å²) in [5, 5.41) is 7.50. The van der Waals surface area contributed by atoms with E-state index in [0.717, 1.165) is 0 Å². The van der Waals surface area contributed by atoms with Crippen LogP contribution in [-0.4, -0.2) is 23.1 Å². The minimum Gasteiger partial charge on any atom is -0.252 e. The van der Waals surface area contributed by atoms with Gasteiger partial charge in [0.1, 0.15) is 0 Å². The lowest BCUT2D eigenvalue weighted by molar-refractivity contribution is -0.393. The van der Waals surface area contributed by atoms with Gasteiger partial charge in [-0.15, -0.1) is 6.58 Å². The van der Waals surface area contributed by atoms with E-state index in [2.05, 4.69) is 11.5 Å². The molecule has 0 rings (SSSR count). The molecule has 0 bridgehead atoms. The fourth-order valence-electron chi connectivity index (χ4n) is 0.303. The molecule has 0 radical (unpaired) electrons. The normalized spacial score (nSPS) is 11.7. The van der Waals surface area contributed by atoms with Crippen molar-refractivity contribution in [1.29, 1.82) is 0 Å². The molecule has 4 nitrogen and oxygen atoms in total. The Balaban J connectivity index is 0. The number of rotatable bonds is 3. The standard InChI is InChI=1S/C8H18O2.C3H6O2/c1-7(2,3)9-10-8(4,5)6;1-2-3-5-4/h1-6H3;2,4H,1,3H2. The molecule has 4 heteroatoms. The van der Waals surface area contributed by atoms with Crippen molar-refractivity contribution in [3.8, 4) is 0 Å². The van der Waals surface area contributed by atoms with E-state index in [1.54, 1.807) is 0 Å². The largest absolute Gasteiger partial charge is 0.252 e. The van der Waals surface area contributed by atoms with Gasteiger partial charge in [0, 0.05) is 0 Å². The quantitative estimate of drug-likeness (QED) is 0.451. The molecule has 92 valence electrons. The van der Waals surface area contributed by atoms with Crippen LogP contribution < -0.4 is 0 Å². The molecule has 0 aliphatic carbocycles. The summed E-state index contributed by atoms with van der Waals surface area (Å²) in [6.07, 6.45) is 1.46. The van der Waals surface area contributed by atoms with Crippen LogP contribution in [0.4, 0.5) is 0 Å². The van der Waals surface area contributed by atoms with E-state index in [0.29, 0.717) is 0 Å². The molecule has 0 aliphatic heterocycles. The van der Waals surface area contributed by atoms with Gasteiger partial charge < -0.3 is 0 Å². The van der Waals surface area contributed by atoms with E-state index >= 15 is 0 Å². The molecule has 0 heterocycles. The summed E-state index contributed by atoms with van der Waals surface area (Å²) >= 11 is 0. The lowest BCUT2D eigenvalue weighted by Crippen LogP contribution is -2.27.